The number of hydrogen-bond donors (Lipinski definition) is 1. The zero-order valence-electron chi connectivity index (χ0n) is 11.7. The van der Waals surface area contributed by atoms with Crippen LogP contribution in [0.4, 0.5) is 5.69 Å². The first-order valence-corrected chi connectivity index (χ1v) is 8.56. The molecule has 0 saturated heterocycles. The van der Waals surface area contributed by atoms with Crippen molar-refractivity contribution in [2.45, 2.75) is 30.4 Å². The summed E-state index contributed by atoms with van der Waals surface area (Å²) in [5, 5.41) is 4.24. The van der Waals surface area contributed by atoms with Crippen LogP contribution in [0.3, 0.4) is 0 Å². The SMILES string of the molecule is Cc1cc(C)c(NCC2Cc3ccccc3S2)c(Br)c1. The topological polar surface area (TPSA) is 12.0 Å². The third-order valence-corrected chi connectivity index (χ3v) is 5.60. The third-order valence-electron chi connectivity index (χ3n) is 3.65. The van der Waals surface area contributed by atoms with Crippen LogP contribution in [-0.4, -0.2) is 11.8 Å². The number of benzene rings is 2. The van der Waals surface area contributed by atoms with Gasteiger partial charge in [0.05, 0.1) is 5.69 Å². The summed E-state index contributed by atoms with van der Waals surface area (Å²) < 4.78 is 1.16. The Morgan fingerprint density at radius 3 is 2.80 bits per heavy atom. The van der Waals surface area contributed by atoms with E-state index in [-0.39, 0.29) is 0 Å². The maximum absolute atomic E-state index is 3.67. The van der Waals surface area contributed by atoms with E-state index in [0.717, 1.165) is 17.4 Å². The standard InChI is InChI=1S/C17H18BrNS/c1-11-7-12(2)17(15(18)8-11)19-10-14-9-13-5-3-4-6-16(13)20-14/h3-8,14,19H,9-10H2,1-2H3. The van der Waals surface area contributed by atoms with Crippen molar-refractivity contribution in [2.75, 3.05) is 11.9 Å². The van der Waals surface area contributed by atoms with E-state index in [4.69, 9.17) is 0 Å². The lowest BCUT2D eigenvalue weighted by Crippen LogP contribution is -2.16. The third kappa shape index (κ3) is 2.89. The normalized spacial score (nSPS) is 17.1. The van der Waals surface area contributed by atoms with Crippen LogP contribution in [0.2, 0.25) is 0 Å². The van der Waals surface area contributed by atoms with Crippen molar-refractivity contribution in [1.29, 1.82) is 0 Å². The van der Waals surface area contributed by atoms with E-state index in [1.54, 1.807) is 0 Å². The number of halogens is 1. The van der Waals surface area contributed by atoms with Gasteiger partial charge >= 0.3 is 0 Å². The Hall–Kier alpha value is -0.930. The first-order valence-electron chi connectivity index (χ1n) is 6.88. The molecule has 0 aromatic heterocycles. The second-order valence-corrected chi connectivity index (χ2v) is 7.57. The number of aryl methyl sites for hydroxylation is 2. The molecule has 0 fully saturated rings. The van der Waals surface area contributed by atoms with E-state index in [1.807, 2.05) is 11.8 Å². The maximum Gasteiger partial charge on any atom is 0.0514 e. The molecule has 1 nitrogen and oxygen atoms in total. The van der Waals surface area contributed by atoms with Gasteiger partial charge in [0.1, 0.15) is 0 Å². The van der Waals surface area contributed by atoms with Crippen LogP contribution in [-0.2, 0) is 6.42 Å². The molecule has 0 saturated carbocycles. The van der Waals surface area contributed by atoms with Crippen LogP contribution in [0, 0.1) is 13.8 Å². The summed E-state index contributed by atoms with van der Waals surface area (Å²) in [6.07, 6.45) is 1.16. The van der Waals surface area contributed by atoms with Gasteiger partial charge in [-0.25, -0.2) is 0 Å². The lowest BCUT2D eigenvalue weighted by molar-refractivity contribution is 0.897. The van der Waals surface area contributed by atoms with Gasteiger partial charge in [-0.1, -0.05) is 24.3 Å². The van der Waals surface area contributed by atoms with Crippen LogP contribution in [0.5, 0.6) is 0 Å². The van der Waals surface area contributed by atoms with Crippen LogP contribution in [0.15, 0.2) is 45.8 Å². The van der Waals surface area contributed by atoms with Gasteiger partial charge in [-0.2, -0.15) is 0 Å². The van der Waals surface area contributed by atoms with E-state index >= 15 is 0 Å². The Bertz CT molecular complexity index is 591. The number of fused-ring (bicyclic) bond motifs is 1. The van der Waals surface area contributed by atoms with Crippen molar-refractivity contribution in [3.63, 3.8) is 0 Å². The van der Waals surface area contributed by atoms with Crippen molar-refractivity contribution in [1.82, 2.24) is 0 Å². The molecule has 2 aromatic carbocycles. The Labute approximate surface area is 133 Å². The van der Waals surface area contributed by atoms with Gasteiger partial charge in [0.15, 0.2) is 0 Å². The molecule has 1 heterocycles. The van der Waals surface area contributed by atoms with E-state index in [0.29, 0.717) is 5.25 Å². The molecule has 1 aliphatic heterocycles. The molecule has 1 N–H and O–H groups in total. The minimum absolute atomic E-state index is 0.625. The summed E-state index contributed by atoms with van der Waals surface area (Å²) in [7, 11) is 0. The summed E-state index contributed by atoms with van der Waals surface area (Å²) in [5.41, 5.74) is 5.32. The van der Waals surface area contributed by atoms with Gasteiger partial charge in [0.25, 0.3) is 0 Å². The molecule has 104 valence electrons. The molecule has 2 aromatic rings. The Kier molecular flexibility index (Phi) is 4.08. The van der Waals surface area contributed by atoms with Crippen LogP contribution < -0.4 is 5.32 Å². The summed E-state index contributed by atoms with van der Waals surface area (Å²) in [6, 6.07) is 13.1. The number of rotatable bonds is 3. The van der Waals surface area contributed by atoms with E-state index in [2.05, 4.69) is 71.5 Å². The lowest BCUT2D eigenvalue weighted by Gasteiger charge is -2.15. The molecule has 1 aliphatic rings. The molecule has 0 amide bonds. The van der Waals surface area contributed by atoms with Gasteiger partial charge in [-0.3, -0.25) is 0 Å². The average molecular weight is 348 g/mol. The van der Waals surface area contributed by atoms with E-state index < -0.39 is 0 Å². The van der Waals surface area contributed by atoms with E-state index in [1.165, 1.54) is 27.3 Å². The fourth-order valence-corrected chi connectivity index (χ4v) is 4.79. The second-order valence-electron chi connectivity index (χ2n) is 5.37. The number of anilines is 1. The summed E-state index contributed by atoms with van der Waals surface area (Å²) >= 11 is 5.66. The van der Waals surface area contributed by atoms with Gasteiger partial charge in [-0.15, -0.1) is 11.8 Å². The van der Waals surface area contributed by atoms with Crippen molar-refractivity contribution >= 4 is 33.4 Å². The largest absolute Gasteiger partial charge is 0.383 e. The van der Waals surface area contributed by atoms with Crippen LogP contribution in [0.1, 0.15) is 16.7 Å². The first kappa shape index (κ1) is 14.0. The van der Waals surface area contributed by atoms with E-state index in [9.17, 15) is 0 Å². The zero-order chi connectivity index (χ0) is 14.1. The van der Waals surface area contributed by atoms with Gasteiger partial charge in [0.2, 0.25) is 0 Å². The quantitative estimate of drug-likeness (QED) is 0.819. The Morgan fingerprint density at radius 2 is 2.05 bits per heavy atom. The van der Waals surface area contributed by atoms with Crippen LogP contribution in [0.25, 0.3) is 0 Å². The van der Waals surface area contributed by atoms with Crippen molar-refractivity contribution in [2.24, 2.45) is 0 Å². The molecule has 3 rings (SSSR count). The Balaban J connectivity index is 1.67. The highest BCUT2D eigenvalue weighted by molar-refractivity contribution is 9.10. The molecule has 1 atom stereocenters. The van der Waals surface area contributed by atoms with Gasteiger partial charge in [-0.05, 0) is 65.0 Å². The maximum atomic E-state index is 3.67. The molecule has 1 unspecified atom stereocenters. The molecular formula is C17H18BrNS. The summed E-state index contributed by atoms with van der Waals surface area (Å²) in [6.45, 7) is 5.30. The van der Waals surface area contributed by atoms with Crippen molar-refractivity contribution in [3.05, 3.63) is 57.6 Å². The summed E-state index contributed by atoms with van der Waals surface area (Å²) in [4.78, 5) is 1.44. The minimum Gasteiger partial charge on any atom is -0.383 e. The van der Waals surface area contributed by atoms with Gasteiger partial charge in [0, 0.05) is 21.2 Å². The molecule has 0 radical (unpaired) electrons. The molecular weight excluding hydrogens is 330 g/mol. The fourth-order valence-electron chi connectivity index (χ4n) is 2.72. The fraction of sp³-hybridized carbons (Fsp3) is 0.294. The molecule has 0 aliphatic carbocycles. The Morgan fingerprint density at radius 1 is 1.25 bits per heavy atom. The minimum atomic E-state index is 0.625. The van der Waals surface area contributed by atoms with Crippen molar-refractivity contribution in [3.8, 4) is 0 Å². The van der Waals surface area contributed by atoms with Crippen LogP contribution >= 0.6 is 27.7 Å². The molecule has 0 bridgehead atoms. The summed E-state index contributed by atoms with van der Waals surface area (Å²) in [5.74, 6) is 0. The zero-order valence-corrected chi connectivity index (χ0v) is 14.1. The average Bonchev–Trinajstić information content (AvgIpc) is 2.80. The number of hydrogen-bond acceptors (Lipinski definition) is 2. The van der Waals surface area contributed by atoms with Gasteiger partial charge < -0.3 is 5.32 Å². The second kappa shape index (κ2) is 5.82. The smallest absolute Gasteiger partial charge is 0.0514 e. The monoisotopic (exact) mass is 347 g/mol. The highest BCUT2D eigenvalue weighted by Gasteiger charge is 2.21. The highest BCUT2D eigenvalue weighted by atomic mass is 79.9. The lowest BCUT2D eigenvalue weighted by atomic mass is 10.1. The molecule has 0 spiro atoms. The molecule has 3 heteroatoms. The first-order chi connectivity index (χ1) is 9.63. The van der Waals surface area contributed by atoms with Crippen molar-refractivity contribution < 1.29 is 0 Å². The number of thioether (sulfide) groups is 1. The number of nitrogens with one attached hydrogen (secondary N) is 1. The predicted molar refractivity (Wildman–Crippen MR) is 91.9 cm³/mol. The molecule has 20 heavy (non-hydrogen) atoms. The predicted octanol–water partition coefficient (Wildman–Crippen LogP) is 5.19. The highest BCUT2D eigenvalue weighted by Crippen LogP contribution is 2.37.